The van der Waals surface area contributed by atoms with Crippen LogP contribution in [-0.4, -0.2) is 41.1 Å². The van der Waals surface area contributed by atoms with E-state index in [2.05, 4.69) is 4.98 Å². The fourth-order valence-electron chi connectivity index (χ4n) is 2.56. The van der Waals surface area contributed by atoms with Crippen molar-refractivity contribution in [1.82, 2.24) is 9.88 Å². The molecule has 1 aliphatic heterocycles. The molecule has 0 radical (unpaired) electrons. The minimum Gasteiger partial charge on any atom is -0.375 e. The van der Waals surface area contributed by atoms with Gasteiger partial charge in [-0.1, -0.05) is 0 Å². The number of halogens is 1. The molecule has 1 fully saturated rings. The van der Waals surface area contributed by atoms with Crippen LogP contribution in [0.5, 0.6) is 0 Å². The molecule has 2 aromatic rings. The van der Waals surface area contributed by atoms with E-state index in [1.54, 1.807) is 17.0 Å². The van der Waals surface area contributed by atoms with Crippen LogP contribution >= 0.6 is 0 Å². The molecule has 1 N–H and O–H groups in total. The van der Waals surface area contributed by atoms with E-state index in [4.69, 9.17) is 4.74 Å². The van der Waals surface area contributed by atoms with Crippen LogP contribution in [0.15, 0.2) is 24.3 Å². The summed E-state index contributed by atoms with van der Waals surface area (Å²) in [6.07, 6.45) is 0.0389. The molecule has 1 aromatic carbocycles. The molecule has 0 bridgehead atoms. The van der Waals surface area contributed by atoms with E-state index in [0.717, 1.165) is 5.52 Å². The first kappa shape index (κ1) is 13.1. The summed E-state index contributed by atoms with van der Waals surface area (Å²) in [5.41, 5.74) is 1.26. The van der Waals surface area contributed by atoms with Crippen molar-refractivity contribution in [2.75, 3.05) is 13.2 Å². The van der Waals surface area contributed by atoms with Crippen molar-refractivity contribution in [2.24, 2.45) is 0 Å². The van der Waals surface area contributed by atoms with Crippen LogP contribution in [0, 0.1) is 5.82 Å². The number of carbonyl (C=O) groups excluding carboxylic acids is 1. The number of hydrogen-bond acceptors (Lipinski definition) is 2. The topological polar surface area (TPSA) is 45.3 Å². The van der Waals surface area contributed by atoms with Crippen LogP contribution in [0.25, 0.3) is 10.9 Å². The Labute approximate surface area is 116 Å². The SMILES string of the molecule is CC1CN(C(=O)c2cc3cc(F)ccc3[nH]2)C(C)CO1. The van der Waals surface area contributed by atoms with Gasteiger partial charge in [-0.2, -0.15) is 0 Å². The lowest BCUT2D eigenvalue weighted by atomic mass is 10.2. The van der Waals surface area contributed by atoms with E-state index in [9.17, 15) is 9.18 Å². The summed E-state index contributed by atoms with van der Waals surface area (Å²) >= 11 is 0. The predicted octanol–water partition coefficient (Wildman–Crippen LogP) is 2.56. The molecule has 1 saturated heterocycles. The number of hydrogen-bond donors (Lipinski definition) is 1. The summed E-state index contributed by atoms with van der Waals surface area (Å²) in [4.78, 5) is 17.4. The molecule has 5 heteroatoms. The quantitative estimate of drug-likeness (QED) is 0.870. The lowest BCUT2D eigenvalue weighted by Gasteiger charge is -2.36. The van der Waals surface area contributed by atoms with Gasteiger partial charge in [0.15, 0.2) is 0 Å². The third kappa shape index (κ3) is 2.29. The molecule has 1 aliphatic rings. The van der Waals surface area contributed by atoms with Gasteiger partial charge in [-0.3, -0.25) is 4.79 Å². The van der Waals surface area contributed by atoms with Crippen LogP contribution in [0.2, 0.25) is 0 Å². The smallest absolute Gasteiger partial charge is 0.270 e. The Morgan fingerprint density at radius 2 is 2.20 bits per heavy atom. The first-order chi connectivity index (χ1) is 9.54. The van der Waals surface area contributed by atoms with Gasteiger partial charge >= 0.3 is 0 Å². The van der Waals surface area contributed by atoms with Crippen LogP contribution in [0.1, 0.15) is 24.3 Å². The molecule has 1 amide bonds. The summed E-state index contributed by atoms with van der Waals surface area (Å²) in [6.45, 7) is 5.03. The van der Waals surface area contributed by atoms with Crippen molar-refractivity contribution < 1.29 is 13.9 Å². The molecular weight excluding hydrogens is 259 g/mol. The van der Waals surface area contributed by atoms with Crippen molar-refractivity contribution in [2.45, 2.75) is 26.0 Å². The highest BCUT2D eigenvalue weighted by Crippen LogP contribution is 2.20. The molecule has 2 heterocycles. The second-order valence-electron chi connectivity index (χ2n) is 5.37. The third-order valence-corrected chi connectivity index (χ3v) is 3.68. The summed E-state index contributed by atoms with van der Waals surface area (Å²) in [5, 5.41) is 0.710. The van der Waals surface area contributed by atoms with Crippen LogP contribution < -0.4 is 0 Å². The Morgan fingerprint density at radius 3 is 3.00 bits per heavy atom. The van der Waals surface area contributed by atoms with Crippen molar-refractivity contribution in [3.05, 3.63) is 35.8 Å². The Balaban J connectivity index is 1.91. The van der Waals surface area contributed by atoms with E-state index in [1.165, 1.54) is 12.1 Å². The van der Waals surface area contributed by atoms with E-state index in [0.29, 0.717) is 24.2 Å². The molecule has 106 valence electrons. The summed E-state index contributed by atoms with van der Waals surface area (Å²) in [5.74, 6) is -0.367. The van der Waals surface area contributed by atoms with Crippen LogP contribution in [0.4, 0.5) is 4.39 Å². The Bertz CT molecular complexity index is 652. The zero-order valence-corrected chi connectivity index (χ0v) is 11.5. The van der Waals surface area contributed by atoms with E-state index >= 15 is 0 Å². The number of morpholine rings is 1. The van der Waals surface area contributed by atoms with Gasteiger partial charge in [0.2, 0.25) is 0 Å². The molecule has 2 atom stereocenters. The van der Waals surface area contributed by atoms with Crippen LogP contribution in [0.3, 0.4) is 0 Å². The van der Waals surface area contributed by atoms with Gasteiger partial charge in [0.05, 0.1) is 18.8 Å². The zero-order chi connectivity index (χ0) is 14.3. The lowest BCUT2D eigenvalue weighted by Crippen LogP contribution is -2.50. The van der Waals surface area contributed by atoms with Crippen molar-refractivity contribution in [1.29, 1.82) is 0 Å². The van der Waals surface area contributed by atoms with E-state index < -0.39 is 0 Å². The maximum atomic E-state index is 13.2. The largest absolute Gasteiger partial charge is 0.375 e. The van der Waals surface area contributed by atoms with Gasteiger partial charge < -0.3 is 14.6 Å². The summed E-state index contributed by atoms with van der Waals surface area (Å²) in [7, 11) is 0. The summed E-state index contributed by atoms with van der Waals surface area (Å²) < 4.78 is 18.7. The number of benzene rings is 1. The number of nitrogens with one attached hydrogen (secondary N) is 1. The van der Waals surface area contributed by atoms with Gasteiger partial charge in [-0.05, 0) is 38.1 Å². The number of H-pyrrole nitrogens is 1. The number of ether oxygens (including phenoxy) is 1. The van der Waals surface area contributed by atoms with Gasteiger partial charge in [0.1, 0.15) is 11.5 Å². The van der Waals surface area contributed by atoms with Crippen LogP contribution in [-0.2, 0) is 4.74 Å². The van der Waals surface area contributed by atoms with E-state index in [1.807, 2.05) is 13.8 Å². The number of aromatic amines is 1. The number of carbonyl (C=O) groups is 1. The van der Waals surface area contributed by atoms with Gasteiger partial charge in [0, 0.05) is 17.4 Å². The normalized spacial score (nSPS) is 23.2. The molecule has 0 aliphatic carbocycles. The number of rotatable bonds is 1. The average molecular weight is 276 g/mol. The fraction of sp³-hybridized carbons (Fsp3) is 0.400. The molecular formula is C15H17FN2O2. The lowest BCUT2D eigenvalue weighted by molar-refractivity contribution is -0.0388. The Morgan fingerprint density at radius 1 is 1.40 bits per heavy atom. The van der Waals surface area contributed by atoms with Crippen molar-refractivity contribution in [3.8, 4) is 0 Å². The predicted molar refractivity (Wildman–Crippen MR) is 74.2 cm³/mol. The molecule has 1 aromatic heterocycles. The second-order valence-corrected chi connectivity index (χ2v) is 5.37. The Kier molecular flexibility index (Phi) is 3.22. The first-order valence-electron chi connectivity index (χ1n) is 6.75. The summed E-state index contributed by atoms with van der Waals surface area (Å²) in [6, 6.07) is 6.20. The third-order valence-electron chi connectivity index (χ3n) is 3.68. The highest BCUT2D eigenvalue weighted by atomic mass is 19.1. The zero-order valence-electron chi connectivity index (χ0n) is 11.5. The van der Waals surface area contributed by atoms with Crippen molar-refractivity contribution >= 4 is 16.8 Å². The van der Waals surface area contributed by atoms with Crippen molar-refractivity contribution in [3.63, 3.8) is 0 Å². The van der Waals surface area contributed by atoms with Gasteiger partial charge in [-0.25, -0.2) is 4.39 Å². The maximum Gasteiger partial charge on any atom is 0.270 e. The first-order valence-corrected chi connectivity index (χ1v) is 6.75. The molecule has 0 saturated carbocycles. The molecule has 4 nitrogen and oxygen atoms in total. The Hall–Kier alpha value is -1.88. The standard InChI is InChI=1S/C15H17FN2O2/c1-9-8-20-10(2)7-18(9)15(19)14-6-11-5-12(16)3-4-13(11)17-14/h3-6,9-10,17H,7-8H2,1-2H3. The van der Waals surface area contributed by atoms with Gasteiger partial charge in [-0.15, -0.1) is 0 Å². The molecule has 0 spiro atoms. The second kappa shape index (κ2) is 4.90. The molecule has 3 rings (SSSR count). The number of fused-ring (bicyclic) bond motifs is 1. The molecule has 20 heavy (non-hydrogen) atoms. The fourth-order valence-corrected chi connectivity index (χ4v) is 2.56. The highest BCUT2D eigenvalue weighted by Gasteiger charge is 2.29. The number of amides is 1. The number of nitrogens with zero attached hydrogens (tertiary/aromatic N) is 1. The monoisotopic (exact) mass is 276 g/mol. The minimum atomic E-state index is -0.302. The van der Waals surface area contributed by atoms with Gasteiger partial charge in [0.25, 0.3) is 5.91 Å². The molecule has 2 unspecified atom stereocenters. The highest BCUT2D eigenvalue weighted by molar-refractivity contribution is 5.98. The number of aromatic nitrogens is 1. The van der Waals surface area contributed by atoms with E-state index in [-0.39, 0.29) is 23.9 Å². The minimum absolute atomic E-state index is 0.0389. The maximum absolute atomic E-state index is 13.2. The average Bonchev–Trinajstić information content (AvgIpc) is 2.83.